The summed E-state index contributed by atoms with van der Waals surface area (Å²) in [5.41, 5.74) is 3.04. The van der Waals surface area contributed by atoms with E-state index in [9.17, 15) is 5.11 Å². The Hall–Kier alpha value is -1.86. The number of rotatable bonds is 3. The smallest absolute Gasteiger partial charge is 0.0260 e. The molecule has 0 saturated carbocycles. The Kier molecular flexibility index (Phi) is 3.73. The zero-order chi connectivity index (χ0) is 12.1. The molecular weight excluding hydrogens is 208 g/mol. The largest absolute Gasteiger partial charge is 0.846 e. The molecule has 0 N–H and O–H groups in total. The molecule has 0 aliphatic carbocycles. The topological polar surface area (TPSA) is 23.1 Å². The van der Waals surface area contributed by atoms with Crippen LogP contribution in [-0.2, 0) is 0 Å². The van der Waals surface area contributed by atoms with Crippen molar-refractivity contribution in [2.24, 2.45) is 0 Å². The summed E-state index contributed by atoms with van der Waals surface area (Å²) in [6, 6.07) is 17.6. The van der Waals surface area contributed by atoms with Crippen LogP contribution in [0.2, 0.25) is 0 Å². The van der Waals surface area contributed by atoms with E-state index >= 15 is 0 Å². The standard InChI is InChI=1S/C16H15O/c1-13-7-10-15(11-8-13)16(17)12-9-14-5-3-2-4-6-14/h2-12,16H,1H3/q-1/b12-9+. The van der Waals surface area contributed by atoms with Crippen molar-refractivity contribution < 1.29 is 5.11 Å². The van der Waals surface area contributed by atoms with E-state index in [1.54, 1.807) is 6.08 Å². The van der Waals surface area contributed by atoms with Gasteiger partial charge in [-0.05, 0) is 12.5 Å². The molecule has 17 heavy (non-hydrogen) atoms. The average Bonchev–Trinajstić information content (AvgIpc) is 2.38. The fraction of sp³-hybridized carbons (Fsp3) is 0.125. The second-order valence-electron chi connectivity index (χ2n) is 4.10. The van der Waals surface area contributed by atoms with Crippen LogP contribution in [0.3, 0.4) is 0 Å². The second-order valence-corrected chi connectivity index (χ2v) is 4.10. The van der Waals surface area contributed by atoms with Crippen LogP contribution < -0.4 is 5.11 Å². The van der Waals surface area contributed by atoms with Crippen LogP contribution >= 0.6 is 0 Å². The first kappa shape index (κ1) is 11.6. The van der Waals surface area contributed by atoms with Crippen molar-refractivity contribution in [1.29, 1.82) is 0 Å². The quantitative estimate of drug-likeness (QED) is 0.784. The summed E-state index contributed by atoms with van der Waals surface area (Å²) >= 11 is 0. The molecule has 0 radical (unpaired) electrons. The Labute approximate surface area is 102 Å². The lowest BCUT2D eigenvalue weighted by Crippen LogP contribution is -2.12. The minimum Gasteiger partial charge on any atom is -0.846 e. The van der Waals surface area contributed by atoms with Gasteiger partial charge in [-0.25, -0.2) is 0 Å². The highest BCUT2D eigenvalue weighted by Crippen LogP contribution is 2.13. The summed E-state index contributed by atoms with van der Waals surface area (Å²) in [6.45, 7) is 2.02. The van der Waals surface area contributed by atoms with Gasteiger partial charge < -0.3 is 5.11 Å². The molecule has 0 aliphatic heterocycles. The van der Waals surface area contributed by atoms with Crippen LogP contribution in [0, 0.1) is 6.92 Å². The van der Waals surface area contributed by atoms with Gasteiger partial charge in [-0.2, -0.15) is 0 Å². The number of benzene rings is 2. The lowest BCUT2D eigenvalue weighted by molar-refractivity contribution is -0.408. The Bertz CT molecular complexity index is 483. The first-order chi connectivity index (χ1) is 8.25. The molecule has 0 saturated heterocycles. The minimum atomic E-state index is -0.796. The van der Waals surface area contributed by atoms with Crippen LogP contribution in [0.4, 0.5) is 0 Å². The number of hydrogen-bond acceptors (Lipinski definition) is 1. The normalized spacial score (nSPS) is 12.8. The summed E-state index contributed by atoms with van der Waals surface area (Å²) in [6.07, 6.45) is 2.77. The summed E-state index contributed by atoms with van der Waals surface area (Å²) < 4.78 is 0. The van der Waals surface area contributed by atoms with Crippen LogP contribution in [0.15, 0.2) is 60.7 Å². The van der Waals surface area contributed by atoms with Gasteiger partial charge in [-0.1, -0.05) is 84.0 Å². The van der Waals surface area contributed by atoms with Crippen LogP contribution in [-0.4, -0.2) is 0 Å². The van der Waals surface area contributed by atoms with Crippen LogP contribution in [0.1, 0.15) is 22.8 Å². The Morgan fingerprint density at radius 1 is 0.941 bits per heavy atom. The van der Waals surface area contributed by atoms with Gasteiger partial charge in [-0.3, -0.25) is 0 Å². The maximum absolute atomic E-state index is 11.9. The van der Waals surface area contributed by atoms with Gasteiger partial charge in [0.1, 0.15) is 0 Å². The maximum atomic E-state index is 11.9. The molecule has 0 aromatic heterocycles. The first-order valence-electron chi connectivity index (χ1n) is 5.71. The highest BCUT2D eigenvalue weighted by Gasteiger charge is 1.94. The molecular formula is C16H15O-. The molecule has 86 valence electrons. The third kappa shape index (κ3) is 3.30. The average molecular weight is 223 g/mol. The second kappa shape index (κ2) is 5.46. The fourth-order valence-electron chi connectivity index (χ4n) is 1.63. The van der Waals surface area contributed by atoms with Crippen molar-refractivity contribution in [2.45, 2.75) is 13.0 Å². The van der Waals surface area contributed by atoms with Gasteiger partial charge in [-0.15, -0.1) is 0 Å². The summed E-state index contributed by atoms with van der Waals surface area (Å²) in [7, 11) is 0. The molecule has 2 rings (SSSR count). The lowest BCUT2D eigenvalue weighted by Gasteiger charge is -2.18. The van der Waals surface area contributed by atoms with Crippen molar-refractivity contribution in [2.75, 3.05) is 0 Å². The fourth-order valence-corrected chi connectivity index (χ4v) is 1.63. The third-order valence-electron chi connectivity index (χ3n) is 2.67. The van der Waals surface area contributed by atoms with Gasteiger partial charge in [0.05, 0.1) is 0 Å². The zero-order valence-electron chi connectivity index (χ0n) is 9.84. The monoisotopic (exact) mass is 223 g/mol. The molecule has 0 fully saturated rings. The molecule has 0 amide bonds. The molecule has 0 bridgehead atoms. The molecule has 2 aromatic carbocycles. The van der Waals surface area contributed by atoms with E-state index in [2.05, 4.69) is 0 Å². The van der Waals surface area contributed by atoms with Gasteiger partial charge in [0.2, 0.25) is 0 Å². The first-order valence-corrected chi connectivity index (χ1v) is 5.71. The Morgan fingerprint density at radius 3 is 2.24 bits per heavy atom. The van der Waals surface area contributed by atoms with Gasteiger partial charge in [0.15, 0.2) is 0 Å². The van der Waals surface area contributed by atoms with Gasteiger partial charge in [0.25, 0.3) is 0 Å². The molecule has 1 unspecified atom stereocenters. The minimum absolute atomic E-state index is 0.796. The van der Waals surface area contributed by atoms with Crippen molar-refractivity contribution in [1.82, 2.24) is 0 Å². The van der Waals surface area contributed by atoms with E-state index in [0.717, 1.165) is 11.1 Å². The van der Waals surface area contributed by atoms with E-state index in [1.165, 1.54) is 5.56 Å². The van der Waals surface area contributed by atoms with Crippen molar-refractivity contribution >= 4 is 6.08 Å². The molecule has 0 heterocycles. The Balaban J connectivity index is 2.09. The Morgan fingerprint density at radius 2 is 1.59 bits per heavy atom. The van der Waals surface area contributed by atoms with E-state index in [4.69, 9.17) is 0 Å². The molecule has 2 aromatic rings. The van der Waals surface area contributed by atoms with Crippen LogP contribution in [0.25, 0.3) is 6.08 Å². The third-order valence-corrected chi connectivity index (χ3v) is 2.67. The van der Waals surface area contributed by atoms with E-state index in [0.29, 0.717) is 0 Å². The highest BCUT2D eigenvalue weighted by atomic mass is 16.3. The molecule has 0 aliphatic rings. The molecule has 1 atom stereocenters. The van der Waals surface area contributed by atoms with E-state index < -0.39 is 6.10 Å². The SMILES string of the molecule is Cc1ccc(C([O-])/C=C/c2ccccc2)cc1. The van der Waals surface area contributed by atoms with Crippen molar-refractivity contribution in [3.05, 3.63) is 77.4 Å². The summed E-state index contributed by atoms with van der Waals surface area (Å²) in [5, 5.41) is 11.9. The van der Waals surface area contributed by atoms with Crippen molar-refractivity contribution in [3.8, 4) is 0 Å². The highest BCUT2D eigenvalue weighted by molar-refractivity contribution is 5.49. The summed E-state index contributed by atoms with van der Waals surface area (Å²) in [5.74, 6) is 0. The van der Waals surface area contributed by atoms with Crippen LogP contribution in [0.5, 0.6) is 0 Å². The van der Waals surface area contributed by atoms with Crippen molar-refractivity contribution in [3.63, 3.8) is 0 Å². The number of hydrogen-bond donors (Lipinski definition) is 0. The van der Waals surface area contributed by atoms with Gasteiger partial charge in [0, 0.05) is 0 Å². The predicted octanol–water partition coefficient (Wildman–Crippen LogP) is 3.11. The molecule has 1 heteroatoms. The zero-order valence-corrected chi connectivity index (χ0v) is 9.84. The molecule has 1 nitrogen and oxygen atoms in total. The van der Waals surface area contributed by atoms with E-state index in [1.807, 2.05) is 67.6 Å². The van der Waals surface area contributed by atoms with Gasteiger partial charge >= 0.3 is 0 Å². The maximum Gasteiger partial charge on any atom is -0.0260 e. The van der Waals surface area contributed by atoms with E-state index in [-0.39, 0.29) is 0 Å². The molecule has 0 spiro atoms. The lowest BCUT2D eigenvalue weighted by atomic mass is 10.1. The summed E-state index contributed by atoms with van der Waals surface area (Å²) in [4.78, 5) is 0. The predicted molar refractivity (Wildman–Crippen MR) is 69.4 cm³/mol. The number of aryl methyl sites for hydroxylation is 1.